The largest absolute Gasteiger partial charge is 0.464 e. The third kappa shape index (κ3) is 17.5. The lowest BCUT2D eigenvalue weighted by molar-refractivity contribution is -0.157. The van der Waals surface area contributed by atoms with Crippen LogP contribution in [-0.2, 0) is 14.3 Å². The molecule has 0 aliphatic heterocycles. The molecule has 0 heterocycles. The number of rotatable bonds is 17. The van der Waals surface area contributed by atoms with Gasteiger partial charge in [-0.1, -0.05) is 74.6 Å². The number of ether oxygens (including phenoxy) is 2. The summed E-state index contributed by atoms with van der Waals surface area (Å²) in [4.78, 5) is 11.8. The van der Waals surface area contributed by atoms with E-state index in [-0.39, 0.29) is 5.97 Å². The molecule has 28 heavy (non-hydrogen) atoms. The molecule has 0 saturated carbocycles. The molecular weight excluding hydrogens is 348 g/mol. The van der Waals surface area contributed by atoms with Crippen molar-refractivity contribution in [3.8, 4) is 0 Å². The van der Waals surface area contributed by atoms with Gasteiger partial charge in [-0.15, -0.1) is 0 Å². The molecule has 0 aromatic carbocycles. The molecular formula is C25H40O3. The first kappa shape index (κ1) is 26.1. The van der Waals surface area contributed by atoms with Crippen LogP contribution in [0.1, 0.15) is 72.1 Å². The van der Waals surface area contributed by atoms with E-state index in [0.29, 0.717) is 19.6 Å². The zero-order valence-electron chi connectivity index (χ0n) is 18.1. The van der Waals surface area contributed by atoms with Gasteiger partial charge in [0.25, 0.3) is 0 Å². The quantitative estimate of drug-likeness (QED) is 0.201. The van der Waals surface area contributed by atoms with Gasteiger partial charge in [0.2, 0.25) is 0 Å². The predicted molar refractivity (Wildman–Crippen MR) is 120 cm³/mol. The van der Waals surface area contributed by atoms with Gasteiger partial charge >= 0.3 is 5.97 Å². The van der Waals surface area contributed by atoms with Gasteiger partial charge in [0.1, 0.15) is 0 Å². The molecule has 0 aromatic heterocycles. The van der Waals surface area contributed by atoms with E-state index in [2.05, 4.69) is 67.7 Å². The van der Waals surface area contributed by atoms with Gasteiger partial charge in [0, 0.05) is 6.61 Å². The molecule has 0 bridgehead atoms. The molecule has 1 atom stereocenters. The third-order valence-electron chi connectivity index (χ3n) is 3.83. The van der Waals surface area contributed by atoms with Crippen LogP contribution in [0.3, 0.4) is 0 Å². The number of hydrogen-bond donors (Lipinski definition) is 0. The standard InChI is InChI=1S/C25H40O3/c1-4-7-8-9-10-11-12-13-14-15-16-17-18-19-20-21-22-24(28-23-5-2)25(26)27-6-3/h7-8,10-11,13-14,16-17,19-20,24H,4-6,9,12,15,18,21-23H2,1-3H3/b8-7-,11-10-,14-13-,17-16-,20-19-. The maximum absolute atomic E-state index is 11.8. The van der Waals surface area contributed by atoms with E-state index in [4.69, 9.17) is 9.47 Å². The predicted octanol–water partition coefficient (Wildman–Crippen LogP) is 6.88. The summed E-state index contributed by atoms with van der Waals surface area (Å²) in [6.07, 6.45) is 28.8. The lowest BCUT2D eigenvalue weighted by Crippen LogP contribution is -2.26. The Morgan fingerprint density at radius 3 is 1.71 bits per heavy atom. The smallest absolute Gasteiger partial charge is 0.335 e. The fraction of sp³-hybridized carbons (Fsp3) is 0.560. The van der Waals surface area contributed by atoms with Crippen LogP contribution >= 0.6 is 0 Å². The monoisotopic (exact) mass is 388 g/mol. The second kappa shape index (κ2) is 21.4. The highest BCUT2D eigenvalue weighted by molar-refractivity contribution is 5.74. The summed E-state index contributed by atoms with van der Waals surface area (Å²) in [7, 11) is 0. The molecule has 0 aliphatic carbocycles. The Labute approximate surface area is 172 Å². The maximum Gasteiger partial charge on any atom is 0.335 e. The summed E-state index contributed by atoms with van der Waals surface area (Å²) in [5.74, 6) is -0.247. The average Bonchev–Trinajstić information content (AvgIpc) is 2.70. The van der Waals surface area contributed by atoms with Gasteiger partial charge in [-0.05, 0) is 58.3 Å². The van der Waals surface area contributed by atoms with Gasteiger partial charge in [-0.2, -0.15) is 0 Å². The van der Waals surface area contributed by atoms with Crippen molar-refractivity contribution in [2.45, 2.75) is 78.2 Å². The molecule has 0 radical (unpaired) electrons. The molecule has 3 heteroatoms. The molecule has 0 fully saturated rings. The van der Waals surface area contributed by atoms with E-state index in [0.717, 1.165) is 44.9 Å². The molecule has 0 N–H and O–H groups in total. The average molecular weight is 389 g/mol. The van der Waals surface area contributed by atoms with Crippen LogP contribution in [0.4, 0.5) is 0 Å². The molecule has 0 aliphatic rings. The zero-order chi connectivity index (χ0) is 20.7. The van der Waals surface area contributed by atoms with Gasteiger partial charge < -0.3 is 9.47 Å². The Bertz CT molecular complexity index is 498. The van der Waals surface area contributed by atoms with Gasteiger partial charge in [-0.3, -0.25) is 0 Å². The summed E-state index contributed by atoms with van der Waals surface area (Å²) >= 11 is 0. The second-order valence-corrected chi connectivity index (χ2v) is 6.40. The molecule has 0 rings (SSSR count). The number of hydrogen-bond acceptors (Lipinski definition) is 3. The Balaban J connectivity index is 3.84. The van der Waals surface area contributed by atoms with Crippen molar-refractivity contribution in [3.05, 3.63) is 60.8 Å². The third-order valence-corrected chi connectivity index (χ3v) is 3.83. The first-order chi connectivity index (χ1) is 13.8. The van der Waals surface area contributed by atoms with Gasteiger partial charge in [-0.25, -0.2) is 4.79 Å². The highest BCUT2D eigenvalue weighted by Gasteiger charge is 2.18. The van der Waals surface area contributed by atoms with Crippen molar-refractivity contribution in [2.75, 3.05) is 13.2 Å². The fourth-order valence-corrected chi connectivity index (χ4v) is 2.38. The Kier molecular flexibility index (Phi) is 20.0. The molecule has 3 nitrogen and oxygen atoms in total. The van der Waals surface area contributed by atoms with Crippen LogP contribution in [-0.4, -0.2) is 25.3 Å². The number of allylic oxidation sites excluding steroid dienone is 10. The minimum absolute atomic E-state index is 0.247. The van der Waals surface area contributed by atoms with Crippen molar-refractivity contribution in [2.24, 2.45) is 0 Å². The highest BCUT2D eigenvalue weighted by Crippen LogP contribution is 2.07. The normalized spacial score (nSPS) is 13.7. The van der Waals surface area contributed by atoms with E-state index in [1.807, 2.05) is 13.8 Å². The van der Waals surface area contributed by atoms with Crippen molar-refractivity contribution in [1.82, 2.24) is 0 Å². The fourth-order valence-electron chi connectivity index (χ4n) is 2.38. The second-order valence-electron chi connectivity index (χ2n) is 6.40. The number of esters is 1. The van der Waals surface area contributed by atoms with Crippen molar-refractivity contribution in [3.63, 3.8) is 0 Å². The van der Waals surface area contributed by atoms with Gasteiger partial charge in [0.15, 0.2) is 6.10 Å². The summed E-state index contributed by atoms with van der Waals surface area (Å²) < 4.78 is 10.7. The van der Waals surface area contributed by atoms with E-state index in [9.17, 15) is 4.79 Å². The lowest BCUT2D eigenvalue weighted by atomic mass is 10.1. The lowest BCUT2D eigenvalue weighted by Gasteiger charge is -2.15. The van der Waals surface area contributed by atoms with Crippen LogP contribution in [0.5, 0.6) is 0 Å². The summed E-state index contributed by atoms with van der Waals surface area (Å²) in [5, 5.41) is 0. The Morgan fingerprint density at radius 2 is 1.25 bits per heavy atom. The topological polar surface area (TPSA) is 35.5 Å². The molecule has 0 saturated heterocycles. The van der Waals surface area contributed by atoms with Crippen LogP contribution in [0.2, 0.25) is 0 Å². The molecule has 158 valence electrons. The first-order valence-corrected chi connectivity index (χ1v) is 10.8. The van der Waals surface area contributed by atoms with E-state index >= 15 is 0 Å². The number of carbonyl (C=O) groups is 1. The van der Waals surface area contributed by atoms with Crippen LogP contribution in [0, 0.1) is 0 Å². The number of carbonyl (C=O) groups excluding carboxylic acids is 1. The summed E-state index contributed by atoms with van der Waals surface area (Å²) in [5.41, 5.74) is 0. The van der Waals surface area contributed by atoms with Crippen LogP contribution in [0.15, 0.2) is 60.8 Å². The zero-order valence-corrected chi connectivity index (χ0v) is 18.1. The van der Waals surface area contributed by atoms with E-state index in [1.54, 1.807) is 0 Å². The minimum Gasteiger partial charge on any atom is -0.464 e. The molecule has 0 spiro atoms. The Morgan fingerprint density at radius 1 is 0.750 bits per heavy atom. The maximum atomic E-state index is 11.8. The summed E-state index contributed by atoms with van der Waals surface area (Å²) in [6.45, 7) is 6.99. The van der Waals surface area contributed by atoms with Crippen LogP contribution < -0.4 is 0 Å². The van der Waals surface area contributed by atoms with Crippen molar-refractivity contribution >= 4 is 5.97 Å². The Hall–Kier alpha value is -1.87. The molecule has 0 amide bonds. The van der Waals surface area contributed by atoms with Gasteiger partial charge in [0.05, 0.1) is 6.61 Å². The van der Waals surface area contributed by atoms with E-state index < -0.39 is 6.10 Å². The van der Waals surface area contributed by atoms with E-state index in [1.165, 1.54) is 0 Å². The van der Waals surface area contributed by atoms with Crippen molar-refractivity contribution < 1.29 is 14.3 Å². The first-order valence-electron chi connectivity index (χ1n) is 10.8. The van der Waals surface area contributed by atoms with Crippen LogP contribution in [0.25, 0.3) is 0 Å². The SMILES string of the molecule is CC/C=C\C/C=C\C/C=C\C/C=C\C/C=C\CCC(OCCC)C(=O)OCC. The highest BCUT2D eigenvalue weighted by atomic mass is 16.6. The molecule has 1 unspecified atom stereocenters. The summed E-state index contributed by atoms with van der Waals surface area (Å²) in [6, 6.07) is 0. The van der Waals surface area contributed by atoms with Crippen molar-refractivity contribution in [1.29, 1.82) is 0 Å². The minimum atomic E-state index is -0.443. The molecule has 0 aromatic rings.